The molecule has 3 aliphatic rings. The molecular formula is C15H22O. The summed E-state index contributed by atoms with van der Waals surface area (Å²) in [5.74, 6) is 1.53. The van der Waals surface area contributed by atoms with Gasteiger partial charge in [-0.2, -0.15) is 0 Å². The maximum absolute atomic E-state index is 12.1. The zero-order valence-electron chi connectivity index (χ0n) is 10.8. The van der Waals surface area contributed by atoms with Crippen molar-refractivity contribution in [2.75, 3.05) is 0 Å². The minimum atomic E-state index is -0.0669. The first kappa shape index (κ1) is 10.6. The minimum Gasteiger partial charge on any atom is -0.299 e. The topological polar surface area (TPSA) is 17.1 Å². The lowest BCUT2D eigenvalue weighted by Gasteiger charge is -2.38. The number of rotatable bonds is 1. The van der Waals surface area contributed by atoms with Crippen molar-refractivity contribution in [3.8, 4) is 0 Å². The van der Waals surface area contributed by atoms with Crippen LogP contribution < -0.4 is 0 Å². The van der Waals surface area contributed by atoms with Crippen molar-refractivity contribution >= 4 is 5.78 Å². The summed E-state index contributed by atoms with van der Waals surface area (Å²) in [6.07, 6.45) is 8.52. The van der Waals surface area contributed by atoms with E-state index in [1.54, 1.807) is 6.92 Å². The second-order valence-corrected chi connectivity index (χ2v) is 7.34. The van der Waals surface area contributed by atoms with Crippen LogP contribution in [0.15, 0.2) is 12.2 Å². The van der Waals surface area contributed by atoms with Crippen molar-refractivity contribution in [1.82, 2.24) is 0 Å². The Hall–Kier alpha value is -0.590. The average molecular weight is 218 g/mol. The van der Waals surface area contributed by atoms with Crippen LogP contribution >= 0.6 is 0 Å². The molecule has 2 bridgehead atoms. The summed E-state index contributed by atoms with van der Waals surface area (Å²) in [6, 6.07) is 0. The van der Waals surface area contributed by atoms with E-state index in [0.717, 1.165) is 0 Å². The van der Waals surface area contributed by atoms with Gasteiger partial charge >= 0.3 is 0 Å². The van der Waals surface area contributed by atoms with Crippen molar-refractivity contribution in [3.05, 3.63) is 12.2 Å². The maximum Gasteiger partial charge on any atom is 0.136 e. The Morgan fingerprint density at radius 3 is 2.56 bits per heavy atom. The molecule has 1 nitrogen and oxygen atoms in total. The van der Waals surface area contributed by atoms with Gasteiger partial charge in [-0.1, -0.05) is 32.9 Å². The van der Waals surface area contributed by atoms with Crippen LogP contribution in [0.25, 0.3) is 0 Å². The number of carbonyl (C=O) groups is 1. The zero-order chi connectivity index (χ0) is 11.8. The molecule has 0 aromatic carbocycles. The van der Waals surface area contributed by atoms with Crippen LogP contribution in [0.5, 0.6) is 0 Å². The van der Waals surface area contributed by atoms with Crippen LogP contribution in [0.3, 0.4) is 0 Å². The molecule has 0 N–H and O–H groups in total. The van der Waals surface area contributed by atoms with Crippen LogP contribution in [-0.4, -0.2) is 5.78 Å². The first-order chi connectivity index (χ1) is 7.30. The van der Waals surface area contributed by atoms with Gasteiger partial charge in [-0.05, 0) is 48.9 Å². The molecule has 4 atom stereocenters. The number of carbonyl (C=O) groups excluding carboxylic acids is 1. The van der Waals surface area contributed by atoms with E-state index in [1.807, 2.05) is 0 Å². The average Bonchev–Trinajstić information content (AvgIpc) is 2.72. The van der Waals surface area contributed by atoms with Gasteiger partial charge in [-0.3, -0.25) is 4.79 Å². The quantitative estimate of drug-likeness (QED) is 0.615. The summed E-state index contributed by atoms with van der Waals surface area (Å²) in [5, 5.41) is 0. The summed E-state index contributed by atoms with van der Waals surface area (Å²) >= 11 is 0. The number of hydrogen-bond acceptors (Lipinski definition) is 1. The van der Waals surface area contributed by atoms with Gasteiger partial charge < -0.3 is 0 Å². The highest BCUT2D eigenvalue weighted by Crippen LogP contribution is 2.72. The van der Waals surface area contributed by atoms with Gasteiger partial charge in [0.25, 0.3) is 0 Å². The number of allylic oxidation sites excluding steroid dienone is 2. The third-order valence-electron chi connectivity index (χ3n) is 5.77. The first-order valence-corrected chi connectivity index (χ1v) is 6.51. The second kappa shape index (κ2) is 2.63. The number of fused-ring (bicyclic) bond motifs is 1. The molecule has 2 fully saturated rings. The van der Waals surface area contributed by atoms with Crippen LogP contribution in [0.2, 0.25) is 0 Å². The van der Waals surface area contributed by atoms with E-state index in [2.05, 4.69) is 32.9 Å². The van der Waals surface area contributed by atoms with Gasteiger partial charge in [0.1, 0.15) is 5.78 Å². The van der Waals surface area contributed by atoms with Crippen LogP contribution in [0.1, 0.15) is 47.0 Å². The fraction of sp³-hybridized carbons (Fsp3) is 0.800. The molecule has 0 saturated heterocycles. The highest BCUT2D eigenvalue weighted by molar-refractivity contribution is 5.84. The number of ketones is 1. The molecule has 0 heterocycles. The van der Waals surface area contributed by atoms with E-state index >= 15 is 0 Å². The third-order valence-corrected chi connectivity index (χ3v) is 5.77. The fourth-order valence-corrected chi connectivity index (χ4v) is 5.07. The first-order valence-electron chi connectivity index (χ1n) is 6.51. The van der Waals surface area contributed by atoms with E-state index in [0.29, 0.717) is 28.4 Å². The monoisotopic (exact) mass is 218 g/mol. The smallest absolute Gasteiger partial charge is 0.136 e. The normalized spacial score (nSPS) is 52.0. The summed E-state index contributed by atoms with van der Waals surface area (Å²) in [7, 11) is 0. The van der Waals surface area contributed by atoms with Gasteiger partial charge in [0, 0.05) is 5.41 Å². The lowest BCUT2D eigenvalue weighted by Crippen LogP contribution is -2.39. The molecule has 0 unspecified atom stereocenters. The maximum atomic E-state index is 12.1. The van der Waals surface area contributed by atoms with E-state index in [9.17, 15) is 4.79 Å². The van der Waals surface area contributed by atoms with Crippen molar-refractivity contribution in [3.63, 3.8) is 0 Å². The molecule has 3 rings (SSSR count). The van der Waals surface area contributed by atoms with Gasteiger partial charge in [-0.25, -0.2) is 0 Å². The standard InChI is InChI=1S/C15H22O/c1-10(16)14(4)11-5-6-15(7-11)9-13(2,3)8-12(14)15/h5-6,11-12H,7-9H2,1-4H3/t11-,12+,14-,15+/m1/s1. The van der Waals surface area contributed by atoms with Crippen LogP contribution in [0, 0.1) is 28.1 Å². The third kappa shape index (κ3) is 1.00. The van der Waals surface area contributed by atoms with Crippen molar-refractivity contribution in [2.45, 2.75) is 47.0 Å². The summed E-state index contributed by atoms with van der Waals surface area (Å²) in [4.78, 5) is 12.1. The molecular weight excluding hydrogens is 196 g/mol. The Morgan fingerprint density at radius 1 is 1.25 bits per heavy atom. The molecule has 1 spiro atoms. The van der Waals surface area contributed by atoms with Crippen LogP contribution in [0.4, 0.5) is 0 Å². The molecule has 0 amide bonds. The largest absolute Gasteiger partial charge is 0.299 e. The Balaban J connectivity index is 2.09. The molecule has 3 aliphatic carbocycles. The molecule has 0 aromatic rings. The molecule has 2 saturated carbocycles. The van der Waals surface area contributed by atoms with Crippen molar-refractivity contribution in [2.24, 2.45) is 28.1 Å². The zero-order valence-corrected chi connectivity index (χ0v) is 10.8. The summed E-state index contributed by atoms with van der Waals surface area (Å²) in [5.41, 5.74) is 0.720. The number of Topliss-reactive ketones (excluding diaryl/α,β-unsaturated/α-hetero) is 1. The molecule has 0 aliphatic heterocycles. The SMILES string of the molecule is CC(=O)[C@]1(C)[C@@H]2C=C[C@]3(C2)CC(C)(C)C[C@H]31. The highest BCUT2D eigenvalue weighted by atomic mass is 16.1. The van der Waals surface area contributed by atoms with Gasteiger partial charge in [0.15, 0.2) is 0 Å². The van der Waals surface area contributed by atoms with Crippen molar-refractivity contribution < 1.29 is 4.79 Å². The predicted octanol–water partition coefficient (Wildman–Crippen LogP) is 3.59. The fourth-order valence-electron chi connectivity index (χ4n) is 5.07. The van der Waals surface area contributed by atoms with E-state index in [1.165, 1.54) is 19.3 Å². The Kier molecular flexibility index (Phi) is 1.73. The van der Waals surface area contributed by atoms with E-state index in [-0.39, 0.29) is 5.41 Å². The van der Waals surface area contributed by atoms with E-state index < -0.39 is 0 Å². The molecule has 1 heteroatoms. The Labute approximate surface area is 98.3 Å². The lowest BCUT2D eigenvalue weighted by molar-refractivity contribution is -0.130. The van der Waals surface area contributed by atoms with Gasteiger partial charge in [0.05, 0.1) is 0 Å². The molecule has 16 heavy (non-hydrogen) atoms. The van der Waals surface area contributed by atoms with Gasteiger partial charge in [-0.15, -0.1) is 0 Å². The Morgan fingerprint density at radius 2 is 1.94 bits per heavy atom. The molecule has 88 valence electrons. The molecule has 0 aromatic heterocycles. The summed E-state index contributed by atoms with van der Waals surface area (Å²) in [6.45, 7) is 8.74. The lowest BCUT2D eigenvalue weighted by atomic mass is 9.64. The van der Waals surface area contributed by atoms with Crippen LogP contribution in [-0.2, 0) is 4.79 Å². The molecule has 0 radical (unpaired) electrons. The van der Waals surface area contributed by atoms with E-state index in [4.69, 9.17) is 0 Å². The Bertz CT molecular complexity index is 392. The van der Waals surface area contributed by atoms with Crippen molar-refractivity contribution in [1.29, 1.82) is 0 Å². The second-order valence-electron chi connectivity index (χ2n) is 7.34. The predicted molar refractivity (Wildman–Crippen MR) is 65.0 cm³/mol. The summed E-state index contributed by atoms with van der Waals surface area (Å²) < 4.78 is 0. The van der Waals surface area contributed by atoms with Gasteiger partial charge in [0.2, 0.25) is 0 Å². The highest BCUT2D eigenvalue weighted by Gasteiger charge is 2.67. The number of hydrogen-bond donors (Lipinski definition) is 0. The minimum absolute atomic E-state index is 0.0669.